The van der Waals surface area contributed by atoms with Crippen LogP contribution in [-0.4, -0.2) is 34.5 Å². The van der Waals surface area contributed by atoms with Crippen molar-refractivity contribution in [2.24, 2.45) is 5.73 Å². The number of phenolic OH excluding ortho intramolecular Hbond substituents is 1. The number of carbonyl (C=O) groups is 1. The van der Waals surface area contributed by atoms with Crippen molar-refractivity contribution in [3.05, 3.63) is 29.8 Å². The molecule has 3 N–H and O–H groups in total. The Bertz CT molecular complexity index is 477. The Balaban J connectivity index is 2.68. The number of nitriles is 1. The molecule has 0 aliphatic carbocycles. The van der Waals surface area contributed by atoms with Gasteiger partial charge in [-0.15, -0.1) is 0 Å². The first-order valence-electron chi connectivity index (χ1n) is 6.66. The summed E-state index contributed by atoms with van der Waals surface area (Å²) in [6.07, 6.45) is 0.713. The van der Waals surface area contributed by atoms with Gasteiger partial charge in [0.2, 0.25) is 5.91 Å². The fourth-order valence-electron chi connectivity index (χ4n) is 1.98. The molecule has 1 aromatic carbocycles. The van der Waals surface area contributed by atoms with E-state index >= 15 is 0 Å². The Morgan fingerprint density at radius 2 is 2.00 bits per heavy atom. The fourth-order valence-corrected chi connectivity index (χ4v) is 1.98. The lowest BCUT2D eigenvalue weighted by Gasteiger charge is -2.28. The van der Waals surface area contributed by atoms with Crippen molar-refractivity contribution in [1.82, 2.24) is 4.90 Å². The van der Waals surface area contributed by atoms with E-state index in [0.29, 0.717) is 19.4 Å². The molecule has 0 aliphatic rings. The predicted octanol–water partition coefficient (Wildman–Crippen LogP) is 1.41. The third kappa shape index (κ3) is 4.56. The Labute approximate surface area is 119 Å². The van der Waals surface area contributed by atoms with Crippen molar-refractivity contribution in [2.75, 3.05) is 6.54 Å². The molecule has 1 rings (SSSR count). The summed E-state index contributed by atoms with van der Waals surface area (Å²) < 4.78 is 0. The maximum absolute atomic E-state index is 12.3. The average molecular weight is 275 g/mol. The molecular formula is C15H21N3O2. The molecule has 0 spiro atoms. The molecule has 0 aliphatic heterocycles. The van der Waals surface area contributed by atoms with Crippen LogP contribution in [0.5, 0.6) is 5.75 Å². The molecule has 5 heteroatoms. The minimum Gasteiger partial charge on any atom is -0.508 e. The van der Waals surface area contributed by atoms with Gasteiger partial charge in [0.1, 0.15) is 5.75 Å². The molecule has 0 saturated heterocycles. The number of phenols is 1. The highest BCUT2D eigenvalue weighted by Gasteiger charge is 2.23. The van der Waals surface area contributed by atoms with Crippen LogP contribution in [0.4, 0.5) is 0 Å². The molecule has 1 amide bonds. The van der Waals surface area contributed by atoms with Crippen molar-refractivity contribution >= 4 is 5.91 Å². The second-order valence-electron chi connectivity index (χ2n) is 5.01. The van der Waals surface area contributed by atoms with Gasteiger partial charge < -0.3 is 15.7 Å². The first-order valence-corrected chi connectivity index (χ1v) is 6.66. The average Bonchev–Trinajstić information content (AvgIpc) is 2.41. The summed E-state index contributed by atoms with van der Waals surface area (Å²) in [7, 11) is 0. The van der Waals surface area contributed by atoms with E-state index in [0.717, 1.165) is 5.56 Å². The van der Waals surface area contributed by atoms with Gasteiger partial charge in [0, 0.05) is 12.6 Å². The van der Waals surface area contributed by atoms with Gasteiger partial charge >= 0.3 is 0 Å². The van der Waals surface area contributed by atoms with E-state index < -0.39 is 6.04 Å². The zero-order chi connectivity index (χ0) is 15.1. The number of benzene rings is 1. The minimum atomic E-state index is -0.638. The summed E-state index contributed by atoms with van der Waals surface area (Å²) in [5, 5.41) is 17.9. The molecule has 1 aromatic rings. The SMILES string of the molecule is CC(C)N(CCC#N)C(=O)C(N)Cc1ccc(O)cc1. The third-order valence-corrected chi connectivity index (χ3v) is 3.08. The zero-order valence-electron chi connectivity index (χ0n) is 11.9. The summed E-state index contributed by atoms with van der Waals surface area (Å²) in [5.74, 6) is 0.0369. The Morgan fingerprint density at radius 3 is 2.50 bits per heavy atom. The minimum absolute atomic E-state index is 0.0155. The number of hydrogen-bond acceptors (Lipinski definition) is 4. The van der Waals surface area contributed by atoms with E-state index in [4.69, 9.17) is 11.0 Å². The highest BCUT2D eigenvalue weighted by Crippen LogP contribution is 2.12. The molecule has 5 nitrogen and oxygen atoms in total. The van der Waals surface area contributed by atoms with Crippen molar-refractivity contribution in [1.29, 1.82) is 5.26 Å². The molecule has 0 aromatic heterocycles. The highest BCUT2D eigenvalue weighted by molar-refractivity contribution is 5.82. The van der Waals surface area contributed by atoms with E-state index in [1.807, 2.05) is 19.9 Å². The molecule has 20 heavy (non-hydrogen) atoms. The van der Waals surface area contributed by atoms with E-state index in [1.165, 1.54) is 0 Å². The largest absolute Gasteiger partial charge is 0.508 e. The third-order valence-electron chi connectivity index (χ3n) is 3.08. The standard InChI is InChI=1S/C15H21N3O2/c1-11(2)18(9-3-8-16)15(20)14(17)10-12-4-6-13(19)7-5-12/h4-7,11,14,19H,3,9-10,17H2,1-2H3. The molecule has 1 atom stereocenters. The number of carbonyl (C=O) groups excluding carboxylic acids is 1. The van der Waals surface area contributed by atoms with Crippen molar-refractivity contribution in [3.63, 3.8) is 0 Å². The second-order valence-corrected chi connectivity index (χ2v) is 5.01. The molecule has 1 unspecified atom stereocenters. The lowest BCUT2D eigenvalue weighted by Crippen LogP contribution is -2.48. The maximum Gasteiger partial charge on any atom is 0.240 e. The van der Waals surface area contributed by atoms with Crippen LogP contribution in [0.2, 0.25) is 0 Å². The number of rotatable bonds is 6. The van der Waals surface area contributed by atoms with Crippen molar-refractivity contribution < 1.29 is 9.90 Å². The van der Waals surface area contributed by atoms with Gasteiger partial charge in [-0.2, -0.15) is 5.26 Å². The number of aromatic hydroxyl groups is 1. The lowest BCUT2D eigenvalue weighted by atomic mass is 10.0. The van der Waals surface area contributed by atoms with Crippen LogP contribution in [0.1, 0.15) is 25.8 Å². The smallest absolute Gasteiger partial charge is 0.240 e. The number of nitrogens with zero attached hydrogens (tertiary/aromatic N) is 2. The topological polar surface area (TPSA) is 90.4 Å². The van der Waals surface area contributed by atoms with E-state index in [-0.39, 0.29) is 17.7 Å². The molecule has 108 valence electrons. The number of amides is 1. The van der Waals surface area contributed by atoms with Gasteiger partial charge in [-0.05, 0) is 38.0 Å². The second kappa shape index (κ2) is 7.51. The Morgan fingerprint density at radius 1 is 1.40 bits per heavy atom. The molecule has 0 heterocycles. The van der Waals surface area contributed by atoms with E-state index in [1.54, 1.807) is 29.2 Å². The van der Waals surface area contributed by atoms with Crippen LogP contribution in [0.25, 0.3) is 0 Å². The van der Waals surface area contributed by atoms with Crippen molar-refractivity contribution in [3.8, 4) is 11.8 Å². The molecular weight excluding hydrogens is 254 g/mol. The summed E-state index contributed by atoms with van der Waals surface area (Å²) in [5.41, 5.74) is 6.86. The summed E-state index contributed by atoms with van der Waals surface area (Å²) >= 11 is 0. The maximum atomic E-state index is 12.3. The predicted molar refractivity (Wildman–Crippen MR) is 76.9 cm³/mol. The first kappa shape index (κ1) is 16.0. The van der Waals surface area contributed by atoms with Crippen LogP contribution >= 0.6 is 0 Å². The van der Waals surface area contributed by atoms with Crippen LogP contribution in [-0.2, 0) is 11.2 Å². The van der Waals surface area contributed by atoms with Crippen LogP contribution in [0.3, 0.4) is 0 Å². The summed E-state index contributed by atoms with van der Waals surface area (Å²) in [4.78, 5) is 13.9. The Hall–Kier alpha value is -2.06. The fraction of sp³-hybridized carbons (Fsp3) is 0.467. The van der Waals surface area contributed by atoms with Gasteiger partial charge in [-0.25, -0.2) is 0 Å². The zero-order valence-corrected chi connectivity index (χ0v) is 11.9. The number of hydrogen-bond donors (Lipinski definition) is 2. The monoisotopic (exact) mass is 275 g/mol. The first-order chi connectivity index (χ1) is 9.45. The molecule has 0 bridgehead atoms. The molecule has 0 radical (unpaired) electrons. The van der Waals surface area contributed by atoms with Crippen LogP contribution < -0.4 is 5.73 Å². The summed E-state index contributed by atoms with van der Waals surface area (Å²) in [6.45, 7) is 4.21. The number of nitrogens with two attached hydrogens (primary N) is 1. The van der Waals surface area contributed by atoms with Crippen molar-refractivity contribution in [2.45, 2.75) is 38.8 Å². The molecule has 0 saturated carbocycles. The van der Waals surface area contributed by atoms with E-state index in [2.05, 4.69) is 0 Å². The Kier molecular flexibility index (Phi) is 6.01. The van der Waals surface area contributed by atoms with Gasteiger partial charge in [-0.3, -0.25) is 4.79 Å². The highest BCUT2D eigenvalue weighted by atomic mass is 16.3. The van der Waals surface area contributed by atoms with Crippen LogP contribution in [0, 0.1) is 11.3 Å². The van der Waals surface area contributed by atoms with Crippen LogP contribution in [0.15, 0.2) is 24.3 Å². The quantitative estimate of drug-likeness (QED) is 0.821. The van der Waals surface area contributed by atoms with Gasteiger partial charge in [-0.1, -0.05) is 12.1 Å². The molecule has 0 fully saturated rings. The summed E-state index contributed by atoms with van der Waals surface area (Å²) in [6, 6.07) is 8.06. The van der Waals surface area contributed by atoms with Gasteiger partial charge in [0.05, 0.1) is 18.5 Å². The lowest BCUT2D eigenvalue weighted by molar-refractivity contribution is -0.134. The van der Waals surface area contributed by atoms with E-state index in [9.17, 15) is 9.90 Å². The normalized spacial score (nSPS) is 11.9. The van der Waals surface area contributed by atoms with Gasteiger partial charge in [0.25, 0.3) is 0 Å². The van der Waals surface area contributed by atoms with Gasteiger partial charge in [0.15, 0.2) is 0 Å².